The van der Waals surface area contributed by atoms with Crippen LogP contribution in [0.25, 0.3) is 6.08 Å². The Morgan fingerprint density at radius 1 is 1.56 bits per heavy atom. The summed E-state index contributed by atoms with van der Waals surface area (Å²) in [6, 6.07) is 1.34. The van der Waals surface area contributed by atoms with Gasteiger partial charge in [-0.3, -0.25) is 4.79 Å². The second kappa shape index (κ2) is 6.11. The third-order valence-electron chi connectivity index (χ3n) is 1.90. The Balaban J connectivity index is 3.36. The van der Waals surface area contributed by atoms with Crippen molar-refractivity contribution in [1.82, 2.24) is 4.98 Å². The van der Waals surface area contributed by atoms with Gasteiger partial charge in [-0.2, -0.15) is 0 Å². The van der Waals surface area contributed by atoms with Gasteiger partial charge >= 0.3 is 5.97 Å². The lowest BCUT2D eigenvalue weighted by Crippen LogP contribution is -2.11. The van der Waals surface area contributed by atoms with Crippen LogP contribution in [0.2, 0.25) is 5.02 Å². The number of halogens is 2. The smallest absolute Gasteiger partial charge is 0.358 e. The van der Waals surface area contributed by atoms with Crippen molar-refractivity contribution in [1.29, 1.82) is 0 Å². The highest BCUT2D eigenvalue weighted by Gasteiger charge is 2.18. The number of hydrogen-bond donors (Lipinski definition) is 1. The topological polar surface area (TPSA) is 68.3 Å². The Morgan fingerprint density at radius 3 is 2.72 bits per heavy atom. The van der Waals surface area contributed by atoms with E-state index in [0.29, 0.717) is 0 Å². The van der Waals surface area contributed by atoms with Crippen LogP contribution in [0.5, 0.6) is 0 Å². The highest BCUT2D eigenvalue weighted by atomic mass is 35.5. The van der Waals surface area contributed by atoms with Gasteiger partial charge in [-0.25, -0.2) is 14.2 Å². The molecule has 7 heteroatoms. The van der Waals surface area contributed by atoms with E-state index in [1.165, 1.54) is 13.0 Å². The van der Waals surface area contributed by atoms with E-state index in [1.54, 1.807) is 0 Å². The van der Waals surface area contributed by atoms with Gasteiger partial charge in [0, 0.05) is 6.92 Å². The van der Waals surface area contributed by atoms with Crippen molar-refractivity contribution >= 4 is 35.2 Å². The Kier molecular flexibility index (Phi) is 4.79. The van der Waals surface area contributed by atoms with Gasteiger partial charge < -0.3 is 10.1 Å². The van der Waals surface area contributed by atoms with Crippen LogP contribution in [0.4, 0.5) is 10.1 Å². The van der Waals surface area contributed by atoms with E-state index in [1.807, 2.05) is 0 Å². The molecule has 0 radical (unpaired) electrons. The molecule has 0 unspecified atom stereocenters. The third-order valence-corrected chi connectivity index (χ3v) is 2.28. The minimum absolute atomic E-state index is 0.0620. The lowest BCUT2D eigenvalue weighted by atomic mass is 10.2. The average Bonchev–Trinajstić information content (AvgIpc) is 2.31. The van der Waals surface area contributed by atoms with E-state index in [2.05, 4.69) is 15.0 Å². The van der Waals surface area contributed by atoms with Crippen LogP contribution in [-0.4, -0.2) is 24.0 Å². The number of carbonyl (C=O) groups is 2. The molecule has 0 saturated carbocycles. The standard InChI is InChI=1S/C11H10ClFN2O3/c1-6(16)14-8-5-7(3-4-13)15-10(9(8)12)11(17)18-2/h3-5H,1-2H3,(H,14,15,16). The predicted molar refractivity (Wildman–Crippen MR) is 65.0 cm³/mol. The van der Waals surface area contributed by atoms with E-state index in [4.69, 9.17) is 11.6 Å². The molecule has 0 aromatic carbocycles. The number of esters is 1. The molecule has 0 atom stereocenters. The molecular formula is C11H10ClFN2O3. The molecule has 0 fully saturated rings. The van der Waals surface area contributed by atoms with E-state index in [-0.39, 0.29) is 34.3 Å². The Morgan fingerprint density at radius 2 is 2.22 bits per heavy atom. The maximum absolute atomic E-state index is 12.1. The number of nitrogens with one attached hydrogen (secondary N) is 1. The molecular weight excluding hydrogens is 263 g/mol. The first-order chi connectivity index (χ1) is 8.49. The Labute approximate surface area is 108 Å². The number of rotatable bonds is 3. The van der Waals surface area contributed by atoms with Gasteiger partial charge in [0.15, 0.2) is 5.69 Å². The average molecular weight is 273 g/mol. The van der Waals surface area contributed by atoms with Gasteiger partial charge in [-0.15, -0.1) is 0 Å². The normalized spacial score (nSPS) is 10.4. The number of amides is 1. The number of anilines is 1. The minimum atomic E-state index is -0.777. The maximum Gasteiger partial charge on any atom is 0.358 e. The number of nitrogens with zero attached hydrogens (tertiary/aromatic N) is 1. The van der Waals surface area contributed by atoms with Gasteiger partial charge in [-0.05, 0) is 12.1 Å². The molecule has 0 saturated heterocycles. The van der Waals surface area contributed by atoms with Gasteiger partial charge in [0.2, 0.25) is 5.91 Å². The first kappa shape index (κ1) is 14.1. The monoisotopic (exact) mass is 272 g/mol. The summed E-state index contributed by atoms with van der Waals surface area (Å²) in [5.74, 6) is -1.16. The first-order valence-corrected chi connectivity index (χ1v) is 5.20. The molecule has 1 amide bonds. The van der Waals surface area contributed by atoms with Crippen LogP contribution in [0.1, 0.15) is 23.1 Å². The summed E-state index contributed by atoms with van der Waals surface area (Å²) in [5.41, 5.74) is 0.0947. The van der Waals surface area contributed by atoms with Crippen molar-refractivity contribution in [2.45, 2.75) is 6.92 Å². The fraction of sp³-hybridized carbons (Fsp3) is 0.182. The Bertz CT molecular complexity index is 517. The highest BCUT2D eigenvalue weighted by molar-refractivity contribution is 6.36. The van der Waals surface area contributed by atoms with E-state index >= 15 is 0 Å². The lowest BCUT2D eigenvalue weighted by Gasteiger charge is -2.09. The number of hydrogen-bond acceptors (Lipinski definition) is 4. The predicted octanol–water partition coefficient (Wildman–Crippen LogP) is 2.42. The fourth-order valence-electron chi connectivity index (χ4n) is 1.21. The zero-order chi connectivity index (χ0) is 13.7. The van der Waals surface area contributed by atoms with Gasteiger partial charge in [-0.1, -0.05) is 11.6 Å². The summed E-state index contributed by atoms with van der Waals surface area (Å²) in [7, 11) is 1.16. The number of aromatic nitrogens is 1. The van der Waals surface area contributed by atoms with Crippen molar-refractivity contribution in [2.24, 2.45) is 0 Å². The highest BCUT2D eigenvalue weighted by Crippen LogP contribution is 2.27. The zero-order valence-electron chi connectivity index (χ0n) is 9.66. The lowest BCUT2D eigenvalue weighted by molar-refractivity contribution is -0.114. The molecule has 0 bridgehead atoms. The number of pyridine rings is 1. The molecule has 0 aliphatic carbocycles. The molecule has 0 aliphatic heterocycles. The van der Waals surface area contributed by atoms with E-state index in [0.717, 1.165) is 13.2 Å². The molecule has 18 heavy (non-hydrogen) atoms. The third kappa shape index (κ3) is 3.27. The molecule has 1 aromatic heterocycles. The summed E-state index contributed by atoms with van der Waals surface area (Å²) in [6.45, 7) is 1.28. The summed E-state index contributed by atoms with van der Waals surface area (Å²) >= 11 is 5.90. The van der Waals surface area contributed by atoms with Crippen molar-refractivity contribution in [3.63, 3.8) is 0 Å². The molecule has 5 nitrogen and oxygen atoms in total. The van der Waals surface area contributed by atoms with E-state index in [9.17, 15) is 14.0 Å². The van der Waals surface area contributed by atoms with Crippen LogP contribution in [0, 0.1) is 0 Å². The summed E-state index contributed by atoms with van der Waals surface area (Å²) in [5, 5.41) is 2.35. The molecule has 1 N–H and O–H groups in total. The number of ether oxygens (including phenoxy) is 1. The quantitative estimate of drug-likeness (QED) is 0.858. The van der Waals surface area contributed by atoms with Crippen molar-refractivity contribution < 1.29 is 18.7 Å². The molecule has 1 rings (SSSR count). The van der Waals surface area contributed by atoms with Crippen LogP contribution >= 0.6 is 11.6 Å². The van der Waals surface area contributed by atoms with Gasteiger partial charge in [0.05, 0.1) is 29.8 Å². The minimum Gasteiger partial charge on any atom is -0.464 e. The zero-order valence-corrected chi connectivity index (χ0v) is 10.4. The van der Waals surface area contributed by atoms with Crippen LogP contribution in [-0.2, 0) is 9.53 Å². The van der Waals surface area contributed by atoms with Gasteiger partial charge in [0.1, 0.15) is 0 Å². The molecule has 1 heterocycles. The number of methoxy groups -OCH3 is 1. The van der Waals surface area contributed by atoms with Crippen LogP contribution in [0.15, 0.2) is 12.4 Å². The van der Waals surface area contributed by atoms with Gasteiger partial charge in [0.25, 0.3) is 0 Å². The van der Waals surface area contributed by atoms with Crippen molar-refractivity contribution in [2.75, 3.05) is 12.4 Å². The summed E-state index contributed by atoms with van der Waals surface area (Å²) in [4.78, 5) is 26.2. The van der Waals surface area contributed by atoms with Crippen LogP contribution in [0.3, 0.4) is 0 Å². The van der Waals surface area contributed by atoms with Crippen LogP contribution < -0.4 is 5.32 Å². The van der Waals surface area contributed by atoms with Crippen molar-refractivity contribution in [3.8, 4) is 0 Å². The van der Waals surface area contributed by atoms with E-state index < -0.39 is 5.97 Å². The second-order valence-electron chi connectivity index (χ2n) is 3.22. The first-order valence-electron chi connectivity index (χ1n) is 4.82. The molecule has 1 aromatic rings. The SMILES string of the molecule is COC(=O)c1nc(C=CF)cc(NC(C)=O)c1Cl. The summed E-state index contributed by atoms with van der Waals surface area (Å²) < 4.78 is 16.6. The molecule has 0 spiro atoms. The number of carbonyl (C=O) groups excluding carboxylic acids is 2. The molecule has 0 aliphatic rings. The summed E-state index contributed by atoms with van der Waals surface area (Å²) in [6.07, 6.45) is 1.28. The van der Waals surface area contributed by atoms with Crippen molar-refractivity contribution in [3.05, 3.63) is 28.8 Å². The maximum atomic E-state index is 12.1. The Hall–Kier alpha value is -1.95. The molecule has 96 valence electrons. The fourth-order valence-corrected chi connectivity index (χ4v) is 1.43. The largest absolute Gasteiger partial charge is 0.464 e. The second-order valence-corrected chi connectivity index (χ2v) is 3.60.